The second kappa shape index (κ2) is 3.44. The summed E-state index contributed by atoms with van der Waals surface area (Å²) in [5, 5.41) is 0. The van der Waals surface area contributed by atoms with Crippen LogP contribution in [0.25, 0.3) is 4.85 Å². The highest BCUT2D eigenvalue weighted by Gasteiger charge is 2.15. The molecule has 50 valence electrons. The SMILES string of the molecule is [C-]#[N+]CC1COCCO1. The Bertz CT molecular complexity index is 113. The van der Waals surface area contributed by atoms with Crippen molar-refractivity contribution < 1.29 is 9.47 Å². The summed E-state index contributed by atoms with van der Waals surface area (Å²) in [6.45, 7) is 8.86. The molecule has 0 bridgehead atoms. The van der Waals surface area contributed by atoms with E-state index in [-0.39, 0.29) is 6.10 Å². The summed E-state index contributed by atoms with van der Waals surface area (Å²) in [6.07, 6.45) is 0.0243. The second-order valence-corrected chi connectivity index (χ2v) is 1.91. The Kier molecular flexibility index (Phi) is 2.49. The Morgan fingerprint density at radius 2 is 2.44 bits per heavy atom. The van der Waals surface area contributed by atoms with Crippen LogP contribution in [0.15, 0.2) is 0 Å². The first-order valence-corrected chi connectivity index (χ1v) is 2.96. The van der Waals surface area contributed by atoms with Crippen molar-refractivity contribution in [2.24, 2.45) is 0 Å². The molecular formula is C6H9NO2. The van der Waals surface area contributed by atoms with Crippen LogP contribution < -0.4 is 0 Å². The van der Waals surface area contributed by atoms with Gasteiger partial charge in [0.25, 0.3) is 0 Å². The molecule has 0 N–H and O–H groups in total. The highest BCUT2D eigenvalue weighted by atomic mass is 16.6. The molecule has 3 nitrogen and oxygen atoms in total. The fraction of sp³-hybridized carbons (Fsp3) is 0.833. The van der Waals surface area contributed by atoms with Gasteiger partial charge in [-0.3, -0.25) is 0 Å². The fourth-order valence-corrected chi connectivity index (χ4v) is 0.744. The number of hydrogen-bond donors (Lipinski definition) is 0. The van der Waals surface area contributed by atoms with Gasteiger partial charge in [-0.05, 0) is 0 Å². The van der Waals surface area contributed by atoms with E-state index in [1.807, 2.05) is 0 Å². The van der Waals surface area contributed by atoms with E-state index in [2.05, 4.69) is 4.85 Å². The lowest BCUT2D eigenvalue weighted by molar-refractivity contribution is -0.0807. The Hall–Kier alpha value is -0.590. The molecule has 1 unspecified atom stereocenters. The zero-order chi connectivity index (χ0) is 6.53. The molecule has 1 rings (SSSR count). The van der Waals surface area contributed by atoms with Crippen molar-refractivity contribution in [1.29, 1.82) is 0 Å². The van der Waals surface area contributed by atoms with Crippen LogP contribution in [0, 0.1) is 6.57 Å². The minimum Gasteiger partial charge on any atom is -0.376 e. The highest BCUT2D eigenvalue weighted by molar-refractivity contribution is 4.71. The average molecular weight is 127 g/mol. The minimum atomic E-state index is 0.0243. The molecule has 0 aromatic heterocycles. The summed E-state index contributed by atoms with van der Waals surface area (Å²) in [5.74, 6) is 0. The molecule has 0 saturated carbocycles. The molecule has 1 atom stereocenters. The zero-order valence-electron chi connectivity index (χ0n) is 5.17. The molecule has 3 heteroatoms. The summed E-state index contributed by atoms with van der Waals surface area (Å²) in [4.78, 5) is 3.20. The van der Waals surface area contributed by atoms with Crippen LogP contribution in [0.2, 0.25) is 0 Å². The Morgan fingerprint density at radius 1 is 1.56 bits per heavy atom. The third-order valence-corrected chi connectivity index (χ3v) is 1.18. The topological polar surface area (TPSA) is 22.8 Å². The maximum atomic E-state index is 6.53. The normalized spacial score (nSPS) is 27.2. The molecule has 1 aliphatic rings. The minimum absolute atomic E-state index is 0.0243. The van der Waals surface area contributed by atoms with E-state index in [0.717, 1.165) is 0 Å². The van der Waals surface area contributed by atoms with Crippen LogP contribution in [0.5, 0.6) is 0 Å². The van der Waals surface area contributed by atoms with Crippen molar-refractivity contribution in [1.82, 2.24) is 0 Å². The fourth-order valence-electron chi connectivity index (χ4n) is 0.744. The molecular weight excluding hydrogens is 118 g/mol. The van der Waals surface area contributed by atoms with Gasteiger partial charge < -0.3 is 14.3 Å². The van der Waals surface area contributed by atoms with Crippen LogP contribution in [-0.4, -0.2) is 32.5 Å². The summed E-state index contributed by atoms with van der Waals surface area (Å²) < 4.78 is 10.2. The Labute approximate surface area is 54.4 Å². The molecule has 1 heterocycles. The van der Waals surface area contributed by atoms with Gasteiger partial charge in [-0.1, -0.05) is 0 Å². The monoisotopic (exact) mass is 127 g/mol. The number of rotatable bonds is 1. The van der Waals surface area contributed by atoms with Gasteiger partial charge in [0.2, 0.25) is 6.54 Å². The lowest BCUT2D eigenvalue weighted by Gasteiger charge is -2.18. The quantitative estimate of drug-likeness (QED) is 0.473. The molecule has 0 aromatic rings. The highest BCUT2D eigenvalue weighted by Crippen LogP contribution is 1.99. The maximum absolute atomic E-state index is 6.53. The van der Waals surface area contributed by atoms with Crippen molar-refractivity contribution in [2.75, 3.05) is 26.4 Å². The maximum Gasteiger partial charge on any atom is 0.242 e. The van der Waals surface area contributed by atoms with Crippen molar-refractivity contribution >= 4 is 0 Å². The standard InChI is InChI=1S/C6H9NO2/c1-7-4-6-5-8-2-3-9-6/h6H,2-5H2. The van der Waals surface area contributed by atoms with Gasteiger partial charge in [-0.25, -0.2) is 6.57 Å². The number of ether oxygens (including phenoxy) is 2. The van der Waals surface area contributed by atoms with Crippen molar-refractivity contribution in [3.05, 3.63) is 11.4 Å². The van der Waals surface area contributed by atoms with Crippen LogP contribution in [0.4, 0.5) is 0 Å². The van der Waals surface area contributed by atoms with Crippen LogP contribution in [0.1, 0.15) is 0 Å². The first-order chi connectivity index (χ1) is 4.43. The van der Waals surface area contributed by atoms with Gasteiger partial charge in [-0.2, -0.15) is 0 Å². The smallest absolute Gasteiger partial charge is 0.242 e. The van der Waals surface area contributed by atoms with Crippen LogP contribution in [-0.2, 0) is 9.47 Å². The molecule has 1 aliphatic heterocycles. The Morgan fingerprint density at radius 3 is 3.00 bits per heavy atom. The third kappa shape index (κ3) is 2.00. The molecule has 0 aliphatic carbocycles. The predicted octanol–water partition coefficient (Wildman–Crippen LogP) is 0.321. The first-order valence-electron chi connectivity index (χ1n) is 2.96. The van der Waals surface area contributed by atoms with Crippen LogP contribution >= 0.6 is 0 Å². The van der Waals surface area contributed by atoms with E-state index in [0.29, 0.717) is 26.4 Å². The Balaban J connectivity index is 2.17. The molecule has 9 heavy (non-hydrogen) atoms. The summed E-state index contributed by atoms with van der Waals surface area (Å²) in [6, 6.07) is 0. The van der Waals surface area contributed by atoms with Crippen LogP contribution in [0.3, 0.4) is 0 Å². The van der Waals surface area contributed by atoms with E-state index in [1.165, 1.54) is 0 Å². The number of hydrogen-bond acceptors (Lipinski definition) is 2. The zero-order valence-corrected chi connectivity index (χ0v) is 5.17. The van der Waals surface area contributed by atoms with Gasteiger partial charge in [0.05, 0.1) is 19.8 Å². The molecule has 0 radical (unpaired) electrons. The third-order valence-electron chi connectivity index (χ3n) is 1.18. The summed E-state index contributed by atoms with van der Waals surface area (Å²) in [7, 11) is 0. The largest absolute Gasteiger partial charge is 0.376 e. The summed E-state index contributed by atoms with van der Waals surface area (Å²) in [5.41, 5.74) is 0. The van der Waals surface area contributed by atoms with E-state index in [9.17, 15) is 0 Å². The predicted molar refractivity (Wildman–Crippen MR) is 32.0 cm³/mol. The van der Waals surface area contributed by atoms with Crippen molar-refractivity contribution in [3.8, 4) is 0 Å². The van der Waals surface area contributed by atoms with E-state index in [1.54, 1.807) is 0 Å². The van der Waals surface area contributed by atoms with Gasteiger partial charge in [0.15, 0.2) is 6.10 Å². The lowest BCUT2D eigenvalue weighted by Crippen LogP contribution is -2.30. The van der Waals surface area contributed by atoms with E-state index in [4.69, 9.17) is 16.0 Å². The second-order valence-electron chi connectivity index (χ2n) is 1.91. The van der Waals surface area contributed by atoms with Gasteiger partial charge in [0.1, 0.15) is 0 Å². The first kappa shape index (κ1) is 6.53. The van der Waals surface area contributed by atoms with E-state index >= 15 is 0 Å². The molecule has 0 spiro atoms. The molecule has 1 fully saturated rings. The average Bonchev–Trinajstić information content (AvgIpc) is 1.91. The number of nitrogens with zero attached hydrogens (tertiary/aromatic N) is 1. The summed E-state index contributed by atoms with van der Waals surface area (Å²) >= 11 is 0. The lowest BCUT2D eigenvalue weighted by atomic mass is 10.3. The molecule has 1 saturated heterocycles. The molecule has 0 amide bonds. The molecule has 0 aromatic carbocycles. The van der Waals surface area contributed by atoms with Crippen molar-refractivity contribution in [3.63, 3.8) is 0 Å². The van der Waals surface area contributed by atoms with Crippen molar-refractivity contribution in [2.45, 2.75) is 6.10 Å². The van der Waals surface area contributed by atoms with Gasteiger partial charge in [-0.15, -0.1) is 0 Å². The van der Waals surface area contributed by atoms with Gasteiger partial charge >= 0.3 is 0 Å². The van der Waals surface area contributed by atoms with E-state index < -0.39 is 0 Å². The van der Waals surface area contributed by atoms with Gasteiger partial charge in [0, 0.05) is 0 Å².